The molecule has 6 nitrogen and oxygen atoms in total. The van der Waals surface area contributed by atoms with E-state index in [2.05, 4.69) is 0 Å². The van der Waals surface area contributed by atoms with Crippen molar-refractivity contribution in [2.45, 2.75) is 51.0 Å². The molecule has 1 saturated carbocycles. The van der Waals surface area contributed by atoms with Crippen molar-refractivity contribution in [3.05, 3.63) is 35.9 Å². The van der Waals surface area contributed by atoms with Gasteiger partial charge in [0.25, 0.3) is 10.2 Å². The summed E-state index contributed by atoms with van der Waals surface area (Å²) in [6.45, 7) is 1.73. The highest BCUT2D eigenvalue weighted by molar-refractivity contribution is 7.86. The summed E-state index contributed by atoms with van der Waals surface area (Å²) in [5.74, 6) is 0.108. The van der Waals surface area contributed by atoms with Gasteiger partial charge in [0.1, 0.15) is 0 Å². The number of carbonyl (C=O) groups is 1. The van der Waals surface area contributed by atoms with Crippen molar-refractivity contribution in [2.24, 2.45) is 0 Å². The second-order valence-corrected chi connectivity index (χ2v) is 9.57. The van der Waals surface area contributed by atoms with E-state index in [4.69, 9.17) is 0 Å². The summed E-state index contributed by atoms with van der Waals surface area (Å²) in [6, 6.07) is 10.1. The largest absolute Gasteiger partial charge is 0.340 e. The highest BCUT2D eigenvalue weighted by Crippen LogP contribution is 2.25. The predicted molar refractivity (Wildman–Crippen MR) is 106 cm³/mol. The van der Waals surface area contributed by atoms with Crippen molar-refractivity contribution in [1.82, 2.24) is 13.5 Å². The second-order valence-electron chi connectivity index (χ2n) is 7.58. The van der Waals surface area contributed by atoms with Crippen LogP contribution < -0.4 is 0 Å². The van der Waals surface area contributed by atoms with Gasteiger partial charge >= 0.3 is 0 Å². The van der Waals surface area contributed by atoms with Crippen LogP contribution in [0.1, 0.15) is 44.1 Å². The summed E-state index contributed by atoms with van der Waals surface area (Å²) in [4.78, 5) is 14.3. The molecule has 27 heavy (non-hydrogen) atoms. The van der Waals surface area contributed by atoms with Crippen LogP contribution >= 0.6 is 0 Å². The molecule has 1 aromatic carbocycles. The maximum atomic E-state index is 12.9. The monoisotopic (exact) mass is 393 g/mol. The molecule has 1 aliphatic carbocycles. The standard InChI is InChI=1S/C20H31N3O3S/c1-21(19-10-6-3-7-11-19)27(25,26)23-16-14-22(15-17-23)20(24)13-12-18-8-4-2-5-9-18/h2,4-5,8-9,19H,3,6-7,10-17H2,1H3. The van der Waals surface area contributed by atoms with Crippen LogP contribution in [0, 0.1) is 0 Å². The Bertz CT molecular complexity index is 709. The first-order valence-corrected chi connectivity index (χ1v) is 11.4. The molecule has 0 unspecified atom stereocenters. The Morgan fingerprint density at radius 1 is 1.04 bits per heavy atom. The summed E-state index contributed by atoms with van der Waals surface area (Å²) in [5.41, 5.74) is 1.15. The number of hydrogen-bond acceptors (Lipinski definition) is 3. The lowest BCUT2D eigenvalue weighted by Crippen LogP contribution is -2.55. The van der Waals surface area contributed by atoms with Gasteiger partial charge in [-0.15, -0.1) is 0 Å². The third-order valence-corrected chi connectivity index (χ3v) is 7.88. The molecule has 0 aromatic heterocycles. The van der Waals surface area contributed by atoms with E-state index in [9.17, 15) is 13.2 Å². The molecular formula is C20H31N3O3S. The van der Waals surface area contributed by atoms with Gasteiger partial charge in [-0.1, -0.05) is 49.6 Å². The van der Waals surface area contributed by atoms with Crippen LogP contribution in [0.5, 0.6) is 0 Å². The van der Waals surface area contributed by atoms with Gasteiger partial charge in [-0.2, -0.15) is 17.0 Å². The highest BCUT2D eigenvalue weighted by Gasteiger charge is 2.35. The van der Waals surface area contributed by atoms with Crippen molar-refractivity contribution >= 4 is 16.1 Å². The van der Waals surface area contributed by atoms with E-state index in [1.807, 2.05) is 30.3 Å². The minimum atomic E-state index is -3.44. The number of piperazine rings is 1. The minimum absolute atomic E-state index is 0.108. The first-order valence-electron chi connectivity index (χ1n) is 10.0. The van der Waals surface area contributed by atoms with Gasteiger partial charge in [0, 0.05) is 45.7 Å². The molecule has 0 N–H and O–H groups in total. The number of amides is 1. The lowest BCUT2D eigenvalue weighted by atomic mass is 9.96. The molecule has 1 aliphatic heterocycles. The number of benzene rings is 1. The van der Waals surface area contributed by atoms with Crippen LogP contribution in [-0.4, -0.2) is 67.1 Å². The van der Waals surface area contributed by atoms with Gasteiger partial charge in [0.2, 0.25) is 5.91 Å². The molecule has 2 fully saturated rings. The zero-order chi connectivity index (χ0) is 19.3. The minimum Gasteiger partial charge on any atom is -0.340 e. The maximum absolute atomic E-state index is 12.9. The molecule has 1 amide bonds. The quantitative estimate of drug-likeness (QED) is 0.745. The third kappa shape index (κ3) is 5.09. The molecule has 2 aliphatic rings. The Kier molecular flexibility index (Phi) is 6.89. The number of carbonyl (C=O) groups excluding carboxylic acids is 1. The number of rotatable bonds is 6. The van der Waals surface area contributed by atoms with Crippen molar-refractivity contribution in [3.63, 3.8) is 0 Å². The van der Waals surface area contributed by atoms with E-state index in [0.29, 0.717) is 32.6 Å². The Morgan fingerprint density at radius 3 is 2.30 bits per heavy atom. The molecule has 0 spiro atoms. The molecular weight excluding hydrogens is 362 g/mol. The SMILES string of the molecule is CN(C1CCCCC1)S(=O)(=O)N1CCN(C(=O)CCc2ccccc2)CC1. The summed E-state index contributed by atoms with van der Waals surface area (Å²) < 4.78 is 29.0. The predicted octanol–water partition coefficient (Wildman–Crippen LogP) is 2.27. The fraction of sp³-hybridized carbons (Fsp3) is 0.650. The van der Waals surface area contributed by atoms with E-state index in [1.165, 1.54) is 6.42 Å². The number of aryl methyl sites for hydroxylation is 1. The van der Waals surface area contributed by atoms with Crippen molar-refractivity contribution in [1.29, 1.82) is 0 Å². The number of nitrogens with zero attached hydrogens (tertiary/aromatic N) is 3. The smallest absolute Gasteiger partial charge is 0.282 e. The van der Waals surface area contributed by atoms with Crippen molar-refractivity contribution < 1.29 is 13.2 Å². The van der Waals surface area contributed by atoms with Crippen LogP contribution in [0.15, 0.2) is 30.3 Å². The maximum Gasteiger partial charge on any atom is 0.282 e. The van der Waals surface area contributed by atoms with Gasteiger partial charge in [0.05, 0.1) is 0 Å². The summed E-state index contributed by atoms with van der Waals surface area (Å²) in [5, 5.41) is 0. The zero-order valence-corrected chi connectivity index (χ0v) is 17.0. The van der Waals surface area contributed by atoms with Gasteiger partial charge < -0.3 is 4.90 Å². The lowest BCUT2D eigenvalue weighted by Gasteiger charge is -2.38. The second kappa shape index (κ2) is 9.17. The molecule has 150 valence electrons. The van der Waals surface area contributed by atoms with Gasteiger partial charge in [-0.25, -0.2) is 0 Å². The molecule has 7 heteroatoms. The van der Waals surface area contributed by atoms with Gasteiger partial charge in [-0.05, 0) is 24.8 Å². The van der Waals surface area contributed by atoms with Crippen molar-refractivity contribution in [2.75, 3.05) is 33.2 Å². The Hall–Kier alpha value is -1.44. The van der Waals surface area contributed by atoms with Crippen LogP contribution in [-0.2, 0) is 21.4 Å². The Labute approximate surface area is 163 Å². The zero-order valence-electron chi connectivity index (χ0n) is 16.2. The summed E-state index contributed by atoms with van der Waals surface area (Å²) in [6.07, 6.45) is 6.51. The van der Waals surface area contributed by atoms with Crippen molar-refractivity contribution in [3.8, 4) is 0 Å². The lowest BCUT2D eigenvalue weighted by molar-refractivity contribution is -0.132. The van der Waals surface area contributed by atoms with E-state index in [-0.39, 0.29) is 11.9 Å². The summed E-state index contributed by atoms with van der Waals surface area (Å²) >= 11 is 0. The van der Waals surface area contributed by atoms with Crippen LogP contribution in [0.4, 0.5) is 0 Å². The molecule has 3 rings (SSSR count). The first kappa shape index (κ1) is 20.3. The normalized spacial score (nSPS) is 20.1. The Morgan fingerprint density at radius 2 is 1.67 bits per heavy atom. The highest BCUT2D eigenvalue weighted by atomic mass is 32.2. The Balaban J connectivity index is 1.49. The van der Waals surface area contributed by atoms with Crippen LogP contribution in [0.25, 0.3) is 0 Å². The van der Waals surface area contributed by atoms with E-state index in [0.717, 1.165) is 37.7 Å². The summed E-state index contributed by atoms with van der Waals surface area (Å²) in [7, 11) is -1.73. The topological polar surface area (TPSA) is 60.9 Å². The number of hydrogen-bond donors (Lipinski definition) is 0. The molecule has 1 aromatic rings. The molecule has 1 heterocycles. The third-order valence-electron chi connectivity index (χ3n) is 5.84. The fourth-order valence-electron chi connectivity index (χ4n) is 4.04. The molecule has 0 atom stereocenters. The van der Waals surface area contributed by atoms with Gasteiger partial charge in [-0.3, -0.25) is 4.79 Å². The fourth-order valence-corrected chi connectivity index (χ4v) is 5.61. The average Bonchev–Trinajstić information content (AvgIpc) is 2.73. The van der Waals surface area contributed by atoms with E-state index >= 15 is 0 Å². The van der Waals surface area contributed by atoms with Gasteiger partial charge in [0.15, 0.2) is 0 Å². The molecule has 0 bridgehead atoms. The van der Waals surface area contributed by atoms with Crippen LogP contribution in [0.2, 0.25) is 0 Å². The van der Waals surface area contributed by atoms with E-state index in [1.54, 1.807) is 20.6 Å². The molecule has 0 radical (unpaired) electrons. The first-order chi connectivity index (χ1) is 13.0. The molecule has 1 saturated heterocycles. The average molecular weight is 394 g/mol. The van der Waals surface area contributed by atoms with Crippen LogP contribution in [0.3, 0.4) is 0 Å². The van der Waals surface area contributed by atoms with E-state index < -0.39 is 10.2 Å².